The standard InChI is InChI=1S/C18H26N2O2S/c1-2-16-7-13-8-17(10-16,12-18(22,9-13)11-16)15(21)20-4-3-14-19-5-6-23-14/h5-6,13,22H,2-4,7-12H2,1H3,(H,20,21). The maximum atomic E-state index is 13.0. The second kappa shape index (κ2) is 5.28. The van der Waals surface area contributed by atoms with Gasteiger partial charge < -0.3 is 10.4 Å². The number of hydrogen-bond acceptors (Lipinski definition) is 4. The summed E-state index contributed by atoms with van der Waals surface area (Å²) in [6.45, 7) is 2.88. The van der Waals surface area contributed by atoms with Gasteiger partial charge >= 0.3 is 0 Å². The van der Waals surface area contributed by atoms with Crippen LogP contribution in [-0.4, -0.2) is 28.1 Å². The molecule has 23 heavy (non-hydrogen) atoms. The second-order valence-electron chi connectivity index (χ2n) is 8.30. The van der Waals surface area contributed by atoms with Crippen LogP contribution < -0.4 is 5.32 Å². The van der Waals surface area contributed by atoms with Crippen LogP contribution in [0.3, 0.4) is 0 Å². The third-order valence-corrected chi connectivity index (χ3v) is 7.33. The maximum Gasteiger partial charge on any atom is 0.226 e. The van der Waals surface area contributed by atoms with E-state index in [0.717, 1.165) is 43.5 Å². The van der Waals surface area contributed by atoms with Crippen LogP contribution in [0.25, 0.3) is 0 Å². The number of amides is 1. The number of carbonyl (C=O) groups is 1. The summed E-state index contributed by atoms with van der Waals surface area (Å²) >= 11 is 1.63. The number of aliphatic hydroxyl groups is 1. The van der Waals surface area contributed by atoms with Gasteiger partial charge in [0.2, 0.25) is 5.91 Å². The van der Waals surface area contributed by atoms with E-state index in [-0.39, 0.29) is 16.7 Å². The van der Waals surface area contributed by atoms with Gasteiger partial charge in [-0.05, 0) is 49.9 Å². The van der Waals surface area contributed by atoms with E-state index >= 15 is 0 Å². The van der Waals surface area contributed by atoms with E-state index in [9.17, 15) is 9.90 Å². The molecule has 1 amide bonds. The summed E-state index contributed by atoms with van der Waals surface area (Å²) in [5.74, 6) is 0.704. The van der Waals surface area contributed by atoms with E-state index in [0.29, 0.717) is 18.9 Å². The molecule has 0 spiro atoms. The molecule has 1 aromatic rings. The third-order valence-electron chi connectivity index (χ3n) is 6.49. The van der Waals surface area contributed by atoms with E-state index in [2.05, 4.69) is 17.2 Å². The van der Waals surface area contributed by atoms with Crippen LogP contribution in [0.15, 0.2) is 11.6 Å². The van der Waals surface area contributed by atoms with Crippen molar-refractivity contribution in [3.05, 3.63) is 16.6 Å². The first-order valence-corrected chi connectivity index (χ1v) is 9.74. The van der Waals surface area contributed by atoms with Crippen molar-refractivity contribution in [2.45, 2.75) is 63.9 Å². The van der Waals surface area contributed by atoms with E-state index < -0.39 is 5.60 Å². The van der Waals surface area contributed by atoms with Crippen molar-refractivity contribution in [2.24, 2.45) is 16.7 Å². The van der Waals surface area contributed by atoms with Gasteiger partial charge in [-0.25, -0.2) is 4.98 Å². The Bertz CT molecular complexity index is 604. The molecule has 0 aromatic carbocycles. The summed E-state index contributed by atoms with van der Waals surface area (Å²) in [4.78, 5) is 17.3. The fraction of sp³-hybridized carbons (Fsp3) is 0.778. The molecular weight excluding hydrogens is 308 g/mol. The number of carbonyl (C=O) groups excluding carboxylic acids is 1. The lowest BCUT2D eigenvalue weighted by molar-refractivity contribution is -0.204. The third kappa shape index (κ3) is 2.62. The fourth-order valence-electron chi connectivity index (χ4n) is 6.08. The highest BCUT2D eigenvalue weighted by molar-refractivity contribution is 7.09. The summed E-state index contributed by atoms with van der Waals surface area (Å²) < 4.78 is 0. The Labute approximate surface area is 141 Å². The Kier molecular flexibility index (Phi) is 3.58. The quantitative estimate of drug-likeness (QED) is 0.870. The number of aromatic nitrogens is 1. The van der Waals surface area contributed by atoms with Crippen molar-refractivity contribution in [3.8, 4) is 0 Å². The lowest BCUT2D eigenvalue weighted by Gasteiger charge is -2.64. The van der Waals surface area contributed by atoms with Gasteiger partial charge in [0.05, 0.1) is 16.0 Å². The molecule has 2 N–H and O–H groups in total. The van der Waals surface area contributed by atoms with Gasteiger partial charge in [-0.1, -0.05) is 13.3 Å². The molecule has 4 aliphatic rings. The minimum Gasteiger partial charge on any atom is -0.390 e. The highest BCUT2D eigenvalue weighted by Gasteiger charge is 2.64. The lowest BCUT2D eigenvalue weighted by Crippen LogP contribution is -2.63. The van der Waals surface area contributed by atoms with Crippen LogP contribution in [0.1, 0.15) is 56.9 Å². The molecule has 4 saturated carbocycles. The minimum absolute atomic E-state index is 0.175. The first-order valence-electron chi connectivity index (χ1n) is 8.86. The summed E-state index contributed by atoms with van der Waals surface area (Å²) in [5, 5.41) is 17.2. The highest BCUT2D eigenvalue weighted by Crippen LogP contribution is 2.67. The zero-order valence-electron chi connectivity index (χ0n) is 13.8. The Morgan fingerprint density at radius 3 is 2.96 bits per heavy atom. The molecule has 1 heterocycles. The zero-order chi connectivity index (χ0) is 16.1. The number of thiazole rings is 1. The van der Waals surface area contributed by atoms with Crippen LogP contribution in [0.5, 0.6) is 0 Å². The summed E-state index contributed by atoms with van der Waals surface area (Å²) in [6.07, 6.45) is 9.32. The van der Waals surface area contributed by atoms with Gasteiger partial charge in [0.15, 0.2) is 0 Å². The predicted octanol–water partition coefficient (Wildman–Crippen LogP) is 2.91. The molecule has 0 radical (unpaired) electrons. The Morgan fingerprint density at radius 2 is 2.26 bits per heavy atom. The largest absolute Gasteiger partial charge is 0.390 e. The minimum atomic E-state index is -0.595. The van der Waals surface area contributed by atoms with Gasteiger partial charge in [-0.15, -0.1) is 11.3 Å². The Morgan fingerprint density at radius 1 is 1.39 bits per heavy atom. The molecule has 1 aromatic heterocycles. The molecule has 4 aliphatic carbocycles. The molecule has 4 atom stereocenters. The zero-order valence-corrected chi connectivity index (χ0v) is 14.6. The van der Waals surface area contributed by atoms with Crippen molar-refractivity contribution in [3.63, 3.8) is 0 Å². The topological polar surface area (TPSA) is 62.2 Å². The predicted molar refractivity (Wildman–Crippen MR) is 90.1 cm³/mol. The lowest BCUT2D eigenvalue weighted by atomic mass is 9.42. The summed E-state index contributed by atoms with van der Waals surface area (Å²) in [6, 6.07) is 0. The Balaban J connectivity index is 1.47. The number of nitrogens with one attached hydrogen (secondary N) is 1. The van der Waals surface area contributed by atoms with Gasteiger partial charge in [-0.2, -0.15) is 0 Å². The molecular formula is C18H26N2O2S. The molecule has 0 aliphatic heterocycles. The average Bonchev–Trinajstić information content (AvgIpc) is 2.98. The van der Waals surface area contributed by atoms with Crippen LogP contribution >= 0.6 is 11.3 Å². The molecule has 4 nitrogen and oxygen atoms in total. The van der Waals surface area contributed by atoms with Crippen molar-refractivity contribution in [2.75, 3.05) is 6.54 Å². The smallest absolute Gasteiger partial charge is 0.226 e. The number of hydrogen-bond donors (Lipinski definition) is 2. The van der Waals surface area contributed by atoms with Crippen molar-refractivity contribution < 1.29 is 9.90 Å². The molecule has 126 valence electrons. The summed E-state index contributed by atoms with van der Waals surface area (Å²) in [7, 11) is 0. The van der Waals surface area contributed by atoms with Crippen molar-refractivity contribution in [1.29, 1.82) is 0 Å². The molecule has 0 saturated heterocycles. The normalized spacial score (nSPS) is 41.2. The number of nitrogens with zero attached hydrogens (tertiary/aromatic N) is 1. The molecule has 4 unspecified atom stereocenters. The van der Waals surface area contributed by atoms with Gasteiger partial charge in [0.25, 0.3) is 0 Å². The van der Waals surface area contributed by atoms with E-state index in [1.165, 1.54) is 6.42 Å². The number of rotatable bonds is 5. The van der Waals surface area contributed by atoms with E-state index in [1.807, 2.05) is 5.38 Å². The van der Waals surface area contributed by atoms with Crippen LogP contribution in [-0.2, 0) is 11.2 Å². The summed E-state index contributed by atoms with van der Waals surface area (Å²) in [5.41, 5.74) is -0.726. The second-order valence-corrected chi connectivity index (χ2v) is 9.28. The van der Waals surface area contributed by atoms with E-state index in [1.54, 1.807) is 17.5 Å². The molecule has 5 heteroatoms. The first-order chi connectivity index (χ1) is 11.0. The monoisotopic (exact) mass is 334 g/mol. The Hall–Kier alpha value is -0.940. The molecule has 5 rings (SSSR count). The van der Waals surface area contributed by atoms with Gasteiger partial charge in [-0.3, -0.25) is 4.79 Å². The van der Waals surface area contributed by atoms with Gasteiger partial charge in [0, 0.05) is 24.5 Å². The van der Waals surface area contributed by atoms with Crippen LogP contribution in [0.2, 0.25) is 0 Å². The van der Waals surface area contributed by atoms with Gasteiger partial charge in [0.1, 0.15) is 0 Å². The fourth-order valence-corrected chi connectivity index (χ4v) is 6.70. The van der Waals surface area contributed by atoms with Crippen LogP contribution in [0.4, 0.5) is 0 Å². The SMILES string of the molecule is CCC12CC3CC(O)(C1)CC(C(=O)NCCc1nccs1)(C3)C2. The maximum absolute atomic E-state index is 13.0. The molecule has 4 bridgehead atoms. The van der Waals surface area contributed by atoms with Crippen LogP contribution in [0, 0.1) is 16.7 Å². The van der Waals surface area contributed by atoms with Crippen molar-refractivity contribution in [1.82, 2.24) is 10.3 Å². The molecule has 4 fully saturated rings. The first kappa shape index (κ1) is 15.6. The highest BCUT2D eigenvalue weighted by atomic mass is 32.1. The van der Waals surface area contributed by atoms with Crippen molar-refractivity contribution >= 4 is 17.2 Å². The van der Waals surface area contributed by atoms with E-state index in [4.69, 9.17) is 0 Å². The average molecular weight is 334 g/mol.